The van der Waals surface area contributed by atoms with E-state index < -0.39 is 0 Å². The lowest BCUT2D eigenvalue weighted by atomic mass is 10.1. The lowest BCUT2D eigenvalue weighted by molar-refractivity contribution is -0.134. The van der Waals surface area contributed by atoms with Crippen LogP contribution in [0.2, 0.25) is 0 Å². The normalized spacial score (nSPS) is 17.7. The van der Waals surface area contributed by atoms with Crippen LogP contribution in [0.3, 0.4) is 0 Å². The van der Waals surface area contributed by atoms with Crippen molar-refractivity contribution < 1.29 is 4.79 Å². The van der Waals surface area contributed by atoms with Gasteiger partial charge < -0.3 is 14.8 Å². The Kier molecular flexibility index (Phi) is 6.42. The van der Waals surface area contributed by atoms with E-state index in [1.165, 1.54) is 30.2 Å². The van der Waals surface area contributed by atoms with E-state index in [0.717, 1.165) is 47.8 Å². The van der Waals surface area contributed by atoms with E-state index in [-0.39, 0.29) is 5.91 Å². The molecule has 5 rings (SSSR count). The molecule has 2 N–H and O–H groups in total. The molecule has 0 atom stereocenters. The van der Waals surface area contributed by atoms with Gasteiger partial charge in [-0.15, -0.1) is 0 Å². The van der Waals surface area contributed by atoms with Crippen LogP contribution >= 0.6 is 11.9 Å². The van der Waals surface area contributed by atoms with Crippen molar-refractivity contribution in [2.75, 3.05) is 32.7 Å². The maximum absolute atomic E-state index is 12.8. The Morgan fingerprint density at radius 2 is 1.79 bits per heavy atom. The number of fused-ring (bicyclic) bond motifs is 1. The largest absolute Gasteiger partial charge is 0.357 e. The summed E-state index contributed by atoms with van der Waals surface area (Å²) in [4.78, 5) is 20.4. The van der Waals surface area contributed by atoms with Gasteiger partial charge in [0.25, 0.3) is 0 Å². The minimum Gasteiger partial charge on any atom is -0.357 e. The van der Waals surface area contributed by atoms with Crippen molar-refractivity contribution in [3.8, 4) is 0 Å². The Labute approximate surface area is 199 Å². The molecular formula is C26H31N5OS. The third-order valence-corrected chi connectivity index (χ3v) is 7.52. The zero-order valence-corrected chi connectivity index (χ0v) is 20.0. The molecule has 2 fully saturated rings. The van der Waals surface area contributed by atoms with Crippen LogP contribution in [0.4, 0.5) is 0 Å². The number of likely N-dealkylation sites (tertiary alicyclic amines) is 1. The van der Waals surface area contributed by atoms with E-state index in [0.29, 0.717) is 18.9 Å². The van der Waals surface area contributed by atoms with Crippen molar-refractivity contribution in [2.45, 2.75) is 37.8 Å². The minimum atomic E-state index is 0.158. The monoisotopic (exact) mass is 461 g/mol. The summed E-state index contributed by atoms with van der Waals surface area (Å²) in [5.74, 6) is 0.779. The van der Waals surface area contributed by atoms with Gasteiger partial charge in [0.15, 0.2) is 0 Å². The Hall–Kier alpha value is -2.77. The summed E-state index contributed by atoms with van der Waals surface area (Å²) < 4.78 is 2.14. The molecule has 0 bridgehead atoms. The quantitative estimate of drug-likeness (QED) is 0.330. The summed E-state index contributed by atoms with van der Waals surface area (Å²) in [5.41, 5.74) is 4.45. The Morgan fingerprint density at radius 3 is 2.55 bits per heavy atom. The molecule has 0 aliphatic carbocycles. The van der Waals surface area contributed by atoms with Gasteiger partial charge >= 0.3 is 0 Å². The smallest absolute Gasteiger partial charge is 0.238 e. The fraction of sp³-hybridized carbons (Fsp3) is 0.385. The second-order valence-corrected chi connectivity index (χ2v) is 10.2. The third-order valence-electron chi connectivity index (χ3n) is 6.54. The van der Waals surface area contributed by atoms with E-state index in [1.54, 1.807) is 11.9 Å². The number of hydrogen-bond donors (Lipinski definition) is 2. The number of piperidine rings is 1. The number of hydrogen-bond acceptors (Lipinski definition) is 4. The minimum absolute atomic E-state index is 0.158. The van der Waals surface area contributed by atoms with E-state index in [4.69, 9.17) is 5.41 Å². The van der Waals surface area contributed by atoms with Crippen LogP contribution in [0.25, 0.3) is 10.9 Å². The number of piperazine rings is 1. The van der Waals surface area contributed by atoms with Crippen LogP contribution in [-0.2, 0) is 11.3 Å². The summed E-state index contributed by atoms with van der Waals surface area (Å²) in [6.45, 7) is 6.65. The van der Waals surface area contributed by atoms with E-state index in [2.05, 4.69) is 57.5 Å². The number of benzene rings is 2. The number of carbonyl (C=O) groups excluding carboxylic acids is 1. The summed E-state index contributed by atoms with van der Waals surface area (Å²) in [7, 11) is 0. The molecule has 1 aromatic heterocycles. The first-order valence-electron chi connectivity index (χ1n) is 11.8. The molecule has 0 unspecified atom stereocenters. The number of nitrogens with one attached hydrogen (secondary N) is 2. The standard InChI is InChI=1S/C26H31N5OS/c1-19-5-8-22-16-24(28-23(22)15-19)33-31-14-13-30(25(32)18-31)17-20-6-9-21(10-7-20)26(27)29-11-3-2-4-12-29/h5-10,15-16,27-28H,2-4,11-14,17-18H2,1H3. The van der Waals surface area contributed by atoms with Gasteiger partial charge in [-0.25, -0.2) is 4.31 Å². The zero-order valence-electron chi connectivity index (χ0n) is 19.1. The Balaban J connectivity index is 1.15. The molecule has 0 radical (unpaired) electrons. The number of amides is 1. The van der Waals surface area contributed by atoms with Crippen LogP contribution < -0.4 is 0 Å². The highest BCUT2D eigenvalue weighted by Crippen LogP contribution is 2.28. The second-order valence-electron chi connectivity index (χ2n) is 9.09. The van der Waals surface area contributed by atoms with Gasteiger partial charge in [-0.1, -0.05) is 36.4 Å². The van der Waals surface area contributed by atoms with Crippen LogP contribution in [-0.4, -0.2) is 63.6 Å². The Bertz CT molecular complexity index is 1150. The maximum Gasteiger partial charge on any atom is 0.238 e. The molecule has 6 nitrogen and oxygen atoms in total. The average Bonchev–Trinajstić information content (AvgIpc) is 3.22. The molecule has 0 spiro atoms. The molecule has 33 heavy (non-hydrogen) atoms. The lowest BCUT2D eigenvalue weighted by Gasteiger charge is -2.33. The van der Waals surface area contributed by atoms with Gasteiger partial charge in [0, 0.05) is 49.2 Å². The molecule has 3 aromatic rings. The van der Waals surface area contributed by atoms with E-state index in [1.807, 2.05) is 17.0 Å². The van der Waals surface area contributed by atoms with Crippen LogP contribution in [0.5, 0.6) is 0 Å². The van der Waals surface area contributed by atoms with Crippen LogP contribution in [0, 0.1) is 12.3 Å². The highest BCUT2D eigenvalue weighted by atomic mass is 32.2. The van der Waals surface area contributed by atoms with E-state index >= 15 is 0 Å². The molecule has 7 heteroatoms. The molecule has 172 valence electrons. The molecule has 3 heterocycles. The Morgan fingerprint density at radius 1 is 1.00 bits per heavy atom. The molecule has 2 aromatic carbocycles. The van der Waals surface area contributed by atoms with E-state index in [9.17, 15) is 4.79 Å². The average molecular weight is 462 g/mol. The fourth-order valence-corrected chi connectivity index (χ4v) is 5.58. The lowest BCUT2D eigenvalue weighted by Crippen LogP contribution is -2.47. The SMILES string of the molecule is Cc1ccc2cc(SN3CCN(Cc4ccc(C(=N)N5CCCCC5)cc4)C(=O)C3)[nH]c2c1. The predicted octanol–water partition coefficient (Wildman–Crippen LogP) is 4.64. The highest BCUT2D eigenvalue weighted by molar-refractivity contribution is 7.97. The zero-order chi connectivity index (χ0) is 22.8. The summed E-state index contributed by atoms with van der Waals surface area (Å²) >= 11 is 1.63. The molecule has 2 aliphatic rings. The topological polar surface area (TPSA) is 66.4 Å². The number of nitrogens with zero attached hydrogens (tertiary/aromatic N) is 3. The number of aromatic amines is 1. The van der Waals surface area contributed by atoms with Crippen molar-refractivity contribution in [1.29, 1.82) is 5.41 Å². The first-order valence-corrected chi connectivity index (χ1v) is 12.6. The molecule has 1 amide bonds. The maximum atomic E-state index is 12.8. The molecule has 0 saturated carbocycles. The summed E-state index contributed by atoms with van der Waals surface area (Å²) in [6.07, 6.45) is 3.61. The molecular weight excluding hydrogens is 430 g/mol. The van der Waals surface area contributed by atoms with Crippen molar-refractivity contribution in [3.63, 3.8) is 0 Å². The van der Waals surface area contributed by atoms with Gasteiger partial charge in [0.2, 0.25) is 5.91 Å². The van der Waals surface area contributed by atoms with Gasteiger partial charge in [-0.2, -0.15) is 0 Å². The number of aryl methyl sites for hydroxylation is 1. The number of amidine groups is 1. The third kappa shape index (κ3) is 5.09. The number of carbonyl (C=O) groups is 1. The first kappa shape index (κ1) is 22.0. The fourth-order valence-electron chi connectivity index (χ4n) is 4.62. The molecule has 2 aliphatic heterocycles. The van der Waals surface area contributed by atoms with Crippen molar-refractivity contribution in [3.05, 3.63) is 65.2 Å². The van der Waals surface area contributed by atoms with Gasteiger partial charge in [0.1, 0.15) is 5.84 Å². The predicted molar refractivity (Wildman–Crippen MR) is 135 cm³/mol. The second kappa shape index (κ2) is 9.61. The van der Waals surface area contributed by atoms with Crippen molar-refractivity contribution >= 4 is 34.6 Å². The highest BCUT2D eigenvalue weighted by Gasteiger charge is 2.25. The summed E-state index contributed by atoms with van der Waals surface area (Å²) in [6, 6.07) is 16.7. The number of rotatable bonds is 5. The first-order chi connectivity index (χ1) is 16.0. The number of aromatic nitrogens is 1. The van der Waals surface area contributed by atoms with Crippen LogP contribution in [0.1, 0.15) is 36.0 Å². The number of H-pyrrole nitrogens is 1. The molecule has 2 saturated heterocycles. The summed E-state index contributed by atoms with van der Waals surface area (Å²) in [5, 5.41) is 10.8. The van der Waals surface area contributed by atoms with Crippen molar-refractivity contribution in [2.24, 2.45) is 0 Å². The van der Waals surface area contributed by atoms with Crippen LogP contribution in [0.15, 0.2) is 53.6 Å². The van der Waals surface area contributed by atoms with Gasteiger partial charge in [0.05, 0.1) is 11.6 Å². The van der Waals surface area contributed by atoms with Gasteiger partial charge in [-0.05, 0) is 61.4 Å². The van der Waals surface area contributed by atoms with Crippen molar-refractivity contribution in [1.82, 2.24) is 19.1 Å². The van der Waals surface area contributed by atoms with Gasteiger partial charge in [-0.3, -0.25) is 10.2 Å².